The molecule has 108 valence electrons. The number of likely N-dealkylation sites (tertiary alicyclic amines) is 1. The standard InChI is InChI=1S/C15H32N2O/c1-12-9-13(2)14(3)17(10-12)8-6-5-7-15(4,16)11-18/h12-14,18H,5-11,16H2,1-4H3. The fourth-order valence-corrected chi connectivity index (χ4v) is 3.05. The van der Waals surface area contributed by atoms with Gasteiger partial charge in [-0.05, 0) is 51.5 Å². The Bertz CT molecular complexity index is 243. The quantitative estimate of drug-likeness (QED) is 0.717. The van der Waals surface area contributed by atoms with Crippen LogP contribution in [0.4, 0.5) is 0 Å². The Kier molecular flexibility index (Phi) is 6.09. The predicted molar refractivity (Wildman–Crippen MR) is 77.5 cm³/mol. The molecule has 18 heavy (non-hydrogen) atoms. The number of hydrogen-bond donors (Lipinski definition) is 2. The molecule has 0 spiro atoms. The van der Waals surface area contributed by atoms with Gasteiger partial charge in [-0.25, -0.2) is 0 Å². The minimum Gasteiger partial charge on any atom is -0.394 e. The zero-order chi connectivity index (χ0) is 13.8. The van der Waals surface area contributed by atoms with Gasteiger partial charge in [0.25, 0.3) is 0 Å². The molecule has 0 amide bonds. The van der Waals surface area contributed by atoms with Crippen molar-refractivity contribution in [2.45, 2.75) is 65.0 Å². The van der Waals surface area contributed by atoms with Gasteiger partial charge in [0.1, 0.15) is 0 Å². The van der Waals surface area contributed by atoms with E-state index in [0.29, 0.717) is 6.04 Å². The van der Waals surface area contributed by atoms with Gasteiger partial charge in [0.05, 0.1) is 6.61 Å². The summed E-state index contributed by atoms with van der Waals surface area (Å²) in [5.41, 5.74) is 5.55. The van der Waals surface area contributed by atoms with Gasteiger partial charge in [-0.15, -0.1) is 0 Å². The lowest BCUT2D eigenvalue weighted by atomic mass is 9.86. The van der Waals surface area contributed by atoms with E-state index in [9.17, 15) is 0 Å². The van der Waals surface area contributed by atoms with Crippen molar-refractivity contribution in [3.63, 3.8) is 0 Å². The molecule has 1 heterocycles. The van der Waals surface area contributed by atoms with Crippen LogP contribution in [-0.4, -0.2) is 41.3 Å². The molecule has 3 heteroatoms. The summed E-state index contributed by atoms with van der Waals surface area (Å²) < 4.78 is 0. The summed E-state index contributed by atoms with van der Waals surface area (Å²) in [4.78, 5) is 2.63. The van der Waals surface area contributed by atoms with Gasteiger partial charge in [0.15, 0.2) is 0 Å². The van der Waals surface area contributed by atoms with Gasteiger partial charge < -0.3 is 15.7 Å². The molecule has 1 rings (SSSR count). The predicted octanol–water partition coefficient (Wildman–Crippen LogP) is 2.23. The van der Waals surface area contributed by atoms with Gasteiger partial charge >= 0.3 is 0 Å². The van der Waals surface area contributed by atoms with Crippen molar-refractivity contribution in [3.05, 3.63) is 0 Å². The van der Waals surface area contributed by atoms with Crippen molar-refractivity contribution in [1.82, 2.24) is 4.90 Å². The third-order valence-electron chi connectivity index (χ3n) is 4.52. The topological polar surface area (TPSA) is 49.5 Å². The van der Waals surface area contributed by atoms with Gasteiger partial charge in [-0.2, -0.15) is 0 Å². The van der Waals surface area contributed by atoms with Crippen LogP contribution in [0.5, 0.6) is 0 Å². The Morgan fingerprint density at radius 2 is 1.94 bits per heavy atom. The second-order valence-electron chi connectivity index (χ2n) is 6.82. The largest absolute Gasteiger partial charge is 0.394 e. The monoisotopic (exact) mass is 256 g/mol. The van der Waals surface area contributed by atoms with E-state index in [2.05, 4.69) is 25.7 Å². The van der Waals surface area contributed by atoms with Crippen LogP contribution in [-0.2, 0) is 0 Å². The Balaban J connectivity index is 2.26. The molecular weight excluding hydrogens is 224 g/mol. The number of hydrogen-bond acceptors (Lipinski definition) is 3. The van der Waals surface area contributed by atoms with Crippen LogP contribution in [0.15, 0.2) is 0 Å². The van der Waals surface area contributed by atoms with Crippen LogP contribution in [0.2, 0.25) is 0 Å². The third-order valence-corrected chi connectivity index (χ3v) is 4.52. The molecule has 4 unspecified atom stereocenters. The number of nitrogens with two attached hydrogens (primary N) is 1. The van der Waals surface area contributed by atoms with Gasteiger partial charge in [0, 0.05) is 18.1 Å². The normalized spacial score (nSPS) is 33.3. The lowest BCUT2D eigenvalue weighted by Crippen LogP contribution is -2.46. The number of nitrogens with zero attached hydrogens (tertiary/aromatic N) is 1. The number of aliphatic hydroxyl groups excluding tert-OH is 1. The first-order chi connectivity index (χ1) is 8.35. The number of piperidine rings is 1. The van der Waals surface area contributed by atoms with Crippen molar-refractivity contribution in [2.24, 2.45) is 17.6 Å². The molecule has 0 aromatic heterocycles. The second-order valence-corrected chi connectivity index (χ2v) is 6.82. The summed E-state index contributed by atoms with van der Waals surface area (Å²) in [6, 6.07) is 0.711. The van der Waals surface area contributed by atoms with Gasteiger partial charge in [0.2, 0.25) is 0 Å². The highest BCUT2D eigenvalue weighted by Gasteiger charge is 2.28. The Morgan fingerprint density at radius 3 is 2.56 bits per heavy atom. The van der Waals surface area contributed by atoms with Crippen molar-refractivity contribution in [2.75, 3.05) is 19.7 Å². The summed E-state index contributed by atoms with van der Waals surface area (Å²) in [5, 5.41) is 9.12. The first-order valence-corrected chi connectivity index (χ1v) is 7.49. The highest BCUT2D eigenvalue weighted by molar-refractivity contribution is 4.82. The van der Waals surface area contributed by atoms with Gasteiger partial charge in [-0.3, -0.25) is 0 Å². The SMILES string of the molecule is CC1CC(C)C(C)N(CCCCC(C)(N)CO)C1. The van der Waals surface area contributed by atoms with E-state index < -0.39 is 5.54 Å². The lowest BCUT2D eigenvalue weighted by Gasteiger charge is -2.41. The molecule has 0 radical (unpaired) electrons. The number of rotatable bonds is 6. The van der Waals surface area contributed by atoms with Crippen LogP contribution in [0.1, 0.15) is 53.4 Å². The molecule has 1 fully saturated rings. The smallest absolute Gasteiger partial charge is 0.0608 e. The average molecular weight is 256 g/mol. The zero-order valence-electron chi connectivity index (χ0n) is 12.7. The maximum Gasteiger partial charge on any atom is 0.0608 e. The van der Waals surface area contributed by atoms with Gasteiger partial charge in [-0.1, -0.05) is 20.3 Å². The summed E-state index contributed by atoms with van der Waals surface area (Å²) in [6.07, 6.45) is 4.58. The number of unbranched alkanes of at least 4 members (excludes halogenated alkanes) is 1. The molecular formula is C15H32N2O. The maximum atomic E-state index is 9.12. The van der Waals surface area contributed by atoms with E-state index in [1.165, 1.54) is 25.9 Å². The highest BCUT2D eigenvalue weighted by Crippen LogP contribution is 2.27. The van der Waals surface area contributed by atoms with E-state index in [1.54, 1.807) is 0 Å². The molecule has 1 aliphatic rings. The first kappa shape index (κ1) is 15.9. The van der Waals surface area contributed by atoms with E-state index in [4.69, 9.17) is 10.8 Å². The molecule has 3 N–H and O–H groups in total. The van der Waals surface area contributed by atoms with E-state index >= 15 is 0 Å². The minimum absolute atomic E-state index is 0.0845. The van der Waals surface area contributed by atoms with Crippen molar-refractivity contribution >= 4 is 0 Å². The van der Waals surface area contributed by atoms with Crippen LogP contribution < -0.4 is 5.73 Å². The van der Waals surface area contributed by atoms with Crippen molar-refractivity contribution in [3.8, 4) is 0 Å². The molecule has 4 atom stereocenters. The van der Waals surface area contributed by atoms with E-state index in [1.807, 2.05) is 6.92 Å². The molecule has 1 saturated heterocycles. The Morgan fingerprint density at radius 1 is 1.28 bits per heavy atom. The molecule has 0 aromatic rings. The third kappa shape index (κ3) is 4.87. The number of aliphatic hydroxyl groups is 1. The summed E-state index contributed by atoms with van der Waals surface area (Å²) >= 11 is 0. The minimum atomic E-state index is -0.395. The fourth-order valence-electron chi connectivity index (χ4n) is 3.05. The van der Waals surface area contributed by atoms with Crippen LogP contribution in [0, 0.1) is 11.8 Å². The molecule has 0 aliphatic carbocycles. The first-order valence-electron chi connectivity index (χ1n) is 7.49. The molecule has 0 bridgehead atoms. The van der Waals surface area contributed by atoms with Crippen molar-refractivity contribution in [1.29, 1.82) is 0 Å². The maximum absolute atomic E-state index is 9.12. The average Bonchev–Trinajstić information content (AvgIpc) is 2.30. The van der Waals surface area contributed by atoms with E-state index in [-0.39, 0.29) is 6.61 Å². The van der Waals surface area contributed by atoms with E-state index in [0.717, 1.165) is 24.7 Å². The Labute approximate surface area is 113 Å². The fraction of sp³-hybridized carbons (Fsp3) is 1.00. The highest BCUT2D eigenvalue weighted by atomic mass is 16.3. The zero-order valence-corrected chi connectivity index (χ0v) is 12.7. The van der Waals surface area contributed by atoms with Crippen molar-refractivity contribution < 1.29 is 5.11 Å². The molecule has 1 aliphatic heterocycles. The molecule has 3 nitrogen and oxygen atoms in total. The molecule has 0 aromatic carbocycles. The van der Waals surface area contributed by atoms with Crippen LogP contribution in [0.25, 0.3) is 0 Å². The summed E-state index contributed by atoms with van der Waals surface area (Å²) in [6.45, 7) is 11.5. The van der Waals surface area contributed by atoms with Crippen LogP contribution >= 0.6 is 0 Å². The second kappa shape index (κ2) is 6.88. The summed E-state index contributed by atoms with van der Waals surface area (Å²) in [5.74, 6) is 1.64. The van der Waals surface area contributed by atoms with Crippen LogP contribution in [0.3, 0.4) is 0 Å². The Hall–Kier alpha value is -0.120. The summed E-state index contributed by atoms with van der Waals surface area (Å²) in [7, 11) is 0. The lowest BCUT2D eigenvalue weighted by molar-refractivity contribution is 0.0771. The molecule has 0 saturated carbocycles.